The molecule has 0 aromatic carbocycles. The monoisotopic (exact) mass is 188 g/mol. The largest absolute Gasteiger partial charge is 0.412 e. The fourth-order valence-electron chi connectivity index (χ4n) is 2.20. The molecule has 3 N–H and O–H groups in total. The molecule has 0 atom stereocenters. The minimum absolute atomic E-state index is 0. The molecule has 80 valence electrons. The molecule has 2 nitrogen and oxygen atoms in total. The topological polar surface area (TPSA) is 51.7 Å². The Kier molecular flexibility index (Phi) is 8.46. The first-order valence-corrected chi connectivity index (χ1v) is 5.54. The Morgan fingerprint density at radius 2 is 1.62 bits per heavy atom. The average molecular weight is 188 g/mol. The molecule has 1 rings (SSSR count). The van der Waals surface area contributed by atoms with E-state index in [-0.39, 0.29) is 5.48 Å². The van der Waals surface area contributed by atoms with Crippen LogP contribution in [0.3, 0.4) is 0 Å². The Bertz CT molecular complexity index is 98.3. The maximum absolute atomic E-state index is 8.60. The van der Waals surface area contributed by atoms with Gasteiger partial charge in [-0.15, -0.1) is 0 Å². The summed E-state index contributed by atoms with van der Waals surface area (Å²) in [6.07, 6.45) is 12.3. The summed E-state index contributed by atoms with van der Waals surface area (Å²) in [6.45, 7) is 0.380. The van der Waals surface area contributed by atoms with E-state index >= 15 is 0 Å². The zero-order chi connectivity index (χ0) is 8.65. The summed E-state index contributed by atoms with van der Waals surface area (Å²) in [6, 6.07) is 0. The van der Waals surface area contributed by atoms with Gasteiger partial charge in [0.1, 0.15) is 0 Å². The normalized spacial score (nSPS) is 18.2. The van der Waals surface area contributed by atoms with E-state index in [0.717, 1.165) is 12.3 Å². The predicted molar refractivity (Wildman–Crippen MR) is 55.7 cm³/mol. The van der Waals surface area contributed by atoms with Gasteiger partial charge in [-0.2, -0.15) is 0 Å². The van der Waals surface area contributed by atoms with Crippen molar-refractivity contribution >= 4 is 0 Å². The highest BCUT2D eigenvalue weighted by Crippen LogP contribution is 2.27. The Morgan fingerprint density at radius 1 is 0.923 bits per heavy atom. The summed E-state index contributed by atoms with van der Waals surface area (Å²) >= 11 is 0. The predicted octanol–water partition coefficient (Wildman–Crippen LogP) is 2.29. The van der Waals surface area contributed by atoms with Crippen molar-refractivity contribution in [2.45, 2.75) is 57.8 Å². The van der Waals surface area contributed by atoms with Crippen LogP contribution in [0.25, 0.3) is 0 Å². The number of hydrogen-bond donors (Lipinski definition) is 1. The maximum atomic E-state index is 8.60. The molecule has 0 unspecified atom stereocenters. The Hall–Kier alpha value is -0.0800. The number of hydrogen-bond acceptors (Lipinski definition) is 1. The van der Waals surface area contributed by atoms with Crippen LogP contribution in [0.1, 0.15) is 57.8 Å². The second kappa shape index (κ2) is 8.52. The van der Waals surface area contributed by atoms with Crippen LogP contribution in [0.5, 0.6) is 0 Å². The van der Waals surface area contributed by atoms with Gasteiger partial charge in [-0.3, -0.25) is 0 Å². The minimum atomic E-state index is 0. The van der Waals surface area contributed by atoms with Gasteiger partial charge in [-0.05, 0) is 12.3 Å². The Balaban J connectivity index is 0.00000144. The third-order valence-corrected chi connectivity index (χ3v) is 3.00. The van der Waals surface area contributed by atoms with Crippen LogP contribution in [-0.2, 0) is 0 Å². The fourth-order valence-corrected chi connectivity index (χ4v) is 2.20. The molecule has 1 aliphatic rings. The zero-order valence-electron chi connectivity index (χ0n) is 8.60. The van der Waals surface area contributed by atoms with E-state index in [0.29, 0.717) is 6.61 Å². The van der Waals surface area contributed by atoms with E-state index in [4.69, 9.17) is 5.11 Å². The van der Waals surface area contributed by atoms with E-state index in [2.05, 4.69) is 0 Å². The number of rotatable bonds is 5. The van der Waals surface area contributed by atoms with Crippen molar-refractivity contribution < 1.29 is 10.6 Å². The van der Waals surface area contributed by atoms with E-state index in [1.165, 1.54) is 51.4 Å². The lowest BCUT2D eigenvalue weighted by molar-refractivity contribution is 0.275. The summed E-state index contributed by atoms with van der Waals surface area (Å²) in [4.78, 5) is 0. The van der Waals surface area contributed by atoms with Crippen molar-refractivity contribution in [3.05, 3.63) is 0 Å². The molecule has 0 aliphatic heterocycles. The number of aliphatic hydroxyl groups excluding tert-OH is 1. The number of unbranched alkanes of at least 4 members (excludes halogenated alkanes) is 2. The molecule has 0 aromatic rings. The lowest BCUT2D eigenvalue weighted by Crippen LogP contribution is -2.05. The first-order valence-electron chi connectivity index (χ1n) is 5.54. The minimum Gasteiger partial charge on any atom is -0.412 e. The molecule has 0 amide bonds. The van der Waals surface area contributed by atoms with Gasteiger partial charge in [0, 0.05) is 6.61 Å². The average Bonchev–Trinajstić information content (AvgIpc) is 2.14. The molecular weight excluding hydrogens is 164 g/mol. The highest BCUT2D eigenvalue weighted by atomic mass is 16.2. The van der Waals surface area contributed by atoms with Gasteiger partial charge in [-0.1, -0.05) is 51.4 Å². The lowest BCUT2D eigenvalue weighted by atomic mass is 9.86. The summed E-state index contributed by atoms with van der Waals surface area (Å²) in [5.41, 5.74) is 0. The molecule has 0 saturated heterocycles. The molecule has 0 radical (unpaired) electrons. The van der Waals surface area contributed by atoms with Crippen molar-refractivity contribution in [3.63, 3.8) is 0 Å². The SMILES string of the molecule is O.OCCCCCC1CCCCC1. The third-order valence-electron chi connectivity index (χ3n) is 3.00. The van der Waals surface area contributed by atoms with Crippen LogP contribution in [0.4, 0.5) is 0 Å². The molecule has 0 spiro atoms. The summed E-state index contributed by atoms with van der Waals surface area (Å²) < 4.78 is 0. The molecule has 0 bridgehead atoms. The lowest BCUT2D eigenvalue weighted by Gasteiger charge is -2.21. The first kappa shape index (κ1) is 12.9. The summed E-state index contributed by atoms with van der Waals surface area (Å²) in [7, 11) is 0. The highest BCUT2D eigenvalue weighted by molar-refractivity contribution is 4.65. The Morgan fingerprint density at radius 3 is 2.23 bits per heavy atom. The molecule has 13 heavy (non-hydrogen) atoms. The second-order valence-electron chi connectivity index (χ2n) is 4.08. The van der Waals surface area contributed by atoms with Crippen LogP contribution in [-0.4, -0.2) is 17.2 Å². The van der Waals surface area contributed by atoms with Gasteiger partial charge in [0.05, 0.1) is 0 Å². The van der Waals surface area contributed by atoms with Crippen molar-refractivity contribution in [1.82, 2.24) is 0 Å². The molecule has 0 heterocycles. The van der Waals surface area contributed by atoms with E-state index in [1.54, 1.807) is 0 Å². The van der Waals surface area contributed by atoms with Gasteiger partial charge in [0.25, 0.3) is 0 Å². The smallest absolute Gasteiger partial charge is 0.0431 e. The fraction of sp³-hybridized carbons (Fsp3) is 1.00. The van der Waals surface area contributed by atoms with Crippen molar-refractivity contribution in [3.8, 4) is 0 Å². The first-order chi connectivity index (χ1) is 5.93. The molecule has 1 saturated carbocycles. The third kappa shape index (κ3) is 6.05. The standard InChI is InChI=1S/C11H22O.H2O/c12-10-6-2-5-9-11-7-3-1-4-8-11;/h11-12H,1-10H2;1H2. The van der Waals surface area contributed by atoms with E-state index in [9.17, 15) is 0 Å². The van der Waals surface area contributed by atoms with Gasteiger partial charge in [0.2, 0.25) is 0 Å². The Labute approximate surface area is 81.7 Å². The van der Waals surface area contributed by atoms with Gasteiger partial charge >= 0.3 is 0 Å². The van der Waals surface area contributed by atoms with Crippen LogP contribution in [0, 0.1) is 5.92 Å². The molecule has 2 heteroatoms. The van der Waals surface area contributed by atoms with Gasteiger partial charge < -0.3 is 10.6 Å². The van der Waals surface area contributed by atoms with Crippen LogP contribution < -0.4 is 0 Å². The van der Waals surface area contributed by atoms with Crippen molar-refractivity contribution in [2.75, 3.05) is 6.61 Å². The quantitative estimate of drug-likeness (QED) is 0.661. The summed E-state index contributed by atoms with van der Waals surface area (Å²) in [5.74, 6) is 1.03. The van der Waals surface area contributed by atoms with E-state index < -0.39 is 0 Å². The van der Waals surface area contributed by atoms with Crippen LogP contribution in [0.2, 0.25) is 0 Å². The zero-order valence-corrected chi connectivity index (χ0v) is 8.60. The van der Waals surface area contributed by atoms with Gasteiger partial charge in [0.15, 0.2) is 0 Å². The molecular formula is C11H24O2. The molecule has 1 aliphatic carbocycles. The molecule has 1 fully saturated rings. The summed E-state index contributed by atoms with van der Waals surface area (Å²) in [5, 5.41) is 8.60. The second-order valence-corrected chi connectivity index (χ2v) is 4.08. The van der Waals surface area contributed by atoms with E-state index in [1.807, 2.05) is 0 Å². The number of aliphatic hydroxyl groups is 1. The highest BCUT2D eigenvalue weighted by Gasteiger charge is 2.12. The maximum Gasteiger partial charge on any atom is 0.0431 e. The van der Waals surface area contributed by atoms with Crippen molar-refractivity contribution in [1.29, 1.82) is 0 Å². The van der Waals surface area contributed by atoms with Crippen molar-refractivity contribution in [2.24, 2.45) is 5.92 Å². The van der Waals surface area contributed by atoms with Crippen LogP contribution >= 0.6 is 0 Å². The van der Waals surface area contributed by atoms with Gasteiger partial charge in [-0.25, -0.2) is 0 Å². The van der Waals surface area contributed by atoms with Crippen LogP contribution in [0.15, 0.2) is 0 Å². The molecule has 0 aromatic heterocycles.